The summed E-state index contributed by atoms with van der Waals surface area (Å²) >= 11 is 0. The highest BCUT2D eigenvalue weighted by Crippen LogP contribution is 2.33. The number of amides is 1. The van der Waals surface area contributed by atoms with Crippen molar-refractivity contribution in [2.45, 2.75) is 6.04 Å². The van der Waals surface area contributed by atoms with Gasteiger partial charge in [-0.2, -0.15) is 0 Å². The monoisotopic (exact) mass is 578 g/mol. The van der Waals surface area contributed by atoms with Crippen molar-refractivity contribution in [1.82, 2.24) is 29.7 Å². The van der Waals surface area contributed by atoms with Gasteiger partial charge in [-0.05, 0) is 19.2 Å². The second kappa shape index (κ2) is 13.7. The van der Waals surface area contributed by atoms with E-state index in [4.69, 9.17) is 14.2 Å². The first-order valence-corrected chi connectivity index (χ1v) is 13.7. The third kappa shape index (κ3) is 6.82. The molecule has 0 spiro atoms. The molecule has 0 radical (unpaired) electrons. The van der Waals surface area contributed by atoms with Crippen LogP contribution >= 0.6 is 0 Å². The summed E-state index contributed by atoms with van der Waals surface area (Å²) in [4.78, 5) is 33.7. The number of hydrogen-bond acceptors (Lipinski definition) is 10. The summed E-state index contributed by atoms with van der Waals surface area (Å²) in [5.41, 5.74) is 2.52. The number of pyridine rings is 1. The van der Waals surface area contributed by atoms with E-state index < -0.39 is 11.9 Å². The first kappa shape index (κ1) is 29.3. The summed E-state index contributed by atoms with van der Waals surface area (Å²) in [6.07, 6.45) is 4.38. The quantitative estimate of drug-likeness (QED) is 0.216. The zero-order chi connectivity index (χ0) is 29.5. The van der Waals surface area contributed by atoms with Crippen LogP contribution < -0.4 is 15.4 Å². The van der Waals surface area contributed by atoms with Crippen molar-refractivity contribution < 1.29 is 23.4 Å². The predicted molar refractivity (Wildman–Crippen MR) is 158 cm³/mol. The molecule has 1 aliphatic rings. The molecule has 42 heavy (non-hydrogen) atoms. The second-order valence-corrected chi connectivity index (χ2v) is 9.97. The minimum absolute atomic E-state index is 0.115. The van der Waals surface area contributed by atoms with Crippen molar-refractivity contribution in [3.8, 4) is 17.1 Å². The molecular formula is C29H35FN8O4. The van der Waals surface area contributed by atoms with E-state index in [-0.39, 0.29) is 24.2 Å². The van der Waals surface area contributed by atoms with E-state index in [1.165, 1.54) is 0 Å². The van der Waals surface area contributed by atoms with Crippen molar-refractivity contribution >= 4 is 34.1 Å². The van der Waals surface area contributed by atoms with Gasteiger partial charge in [-0.3, -0.25) is 9.69 Å². The van der Waals surface area contributed by atoms with E-state index in [0.29, 0.717) is 46.9 Å². The number of para-hydroxylation sites is 1. The van der Waals surface area contributed by atoms with E-state index in [1.807, 2.05) is 18.2 Å². The maximum atomic E-state index is 15.0. The van der Waals surface area contributed by atoms with Gasteiger partial charge >= 0.3 is 0 Å². The third-order valence-corrected chi connectivity index (χ3v) is 7.11. The second-order valence-electron chi connectivity index (χ2n) is 9.97. The molecule has 0 unspecified atom stereocenters. The normalized spacial score (nSPS) is 15.0. The Kier molecular flexibility index (Phi) is 9.54. The van der Waals surface area contributed by atoms with Gasteiger partial charge in [-0.25, -0.2) is 19.3 Å². The Labute approximate surface area is 243 Å². The molecule has 0 bridgehead atoms. The SMILES string of the molecule is COCCOc1ccc(Nc2ncc(F)c(-c3c[nH]c4c(NC(=O)[C@@H](COC)N5CCN(C)CC5)cccc34)n2)cn1. The molecule has 1 atom stereocenters. The number of likely N-dealkylation sites (N-methyl/N-ethyl adjacent to an activating group) is 1. The van der Waals surface area contributed by atoms with Crippen LogP contribution in [0.3, 0.4) is 0 Å². The minimum Gasteiger partial charge on any atom is -0.475 e. The third-order valence-electron chi connectivity index (χ3n) is 7.11. The summed E-state index contributed by atoms with van der Waals surface area (Å²) in [5, 5.41) is 6.81. The Morgan fingerprint density at radius 3 is 2.64 bits per heavy atom. The molecule has 3 N–H and O–H groups in total. The van der Waals surface area contributed by atoms with Gasteiger partial charge in [0.05, 0.1) is 42.5 Å². The number of halogens is 1. The standard InChI is InChI=1S/C29H35FN8O4/c1-37-9-11-38(12-10-37)24(18-41-3)28(39)35-23-6-4-5-20-21(16-32-27(20)23)26-22(30)17-33-29(36-26)34-19-7-8-25(31-15-19)42-14-13-40-2/h4-8,15-17,24,32H,9-14,18H2,1-3H3,(H,35,39)(H,33,34,36)/t24-/m1/s1. The van der Waals surface area contributed by atoms with Gasteiger partial charge in [0.25, 0.3) is 0 Å². The zero-order valence-corrected chi connectivity index (χ0v) is 23.9. The van der Waals surface area contributed by atoms with Crippen LogP contribution in [0.15, 0.2) is 48.9 Å². The van der Waals surface area contributed by atoms with Crippen molar-refractivity contribution in [1.29, 1.82) is 0 Å². The smallest absolute Gasteiger partial charge is 0.244 e. The molecule has 1 saturated heterocycles. The number of aromatic amines is 1. The average Bonchev–Trinajstić information content (AvgIpc) is 3.43. The van der Waals surface area contributed by atoms with Crippen molar-refractivity contribution in [2.24, 2.45) is 0 Å². The maximum absolute atomic E-state index is 15.0. The molecule has 0 saturated carbocycles. The van der Waals surface area contributed by atoms with Crippen LogP contribution in [-0.4, -0.2) is 109 Å². The van der Waals surface area contributed by atoms with E-state index in [0.717, 1.165) is 32.4 Å². The Hall–Kier alpha value is -4.17. The minimum atomic E-state index is -0.578. The van der Waals surface area contributed by atoms with Gasteiger partial charge in [0.2, 0.25) is 17.7 Å². The van der Waals surface area contributed by atoms with Crippen LogP contribution in [0.25, 0.3) is 22.2 Å². The molecule has 5 rings (SSSR count). The highest BCUT2D eigenvalue weighted by Gasteiger charge is 2.29. The van der Waals surface area contributed by atoms with E-state index in [1.54, 1.807) is 38.7 Å². The molecule has 13 heteroatoms. The number of benzene rings is 1. The van der Waals surface area contributed by atoms with Crippen molar-refractivity contribution in [3.05, 3.63) is 54.7 Å². The number of aromatic nitrogens is 4. The van der Waals surface area contributed by atoms with E-state index in [2.05, 4.69) is 47.4 Å². The number of hydrogen-bond donors (Lipinski definition) is 3. The molecule has 1 aromatic carbocycles. The van der Waals surface area contributed by atoms with Gasteiger partial charge in [0, 0.05) is 63.6 Å². The van der Waals surface area contributed by atoms with Gasteiger partial charge in [0.1, 0.15) is 18.3 Å². The van der Waals surface area contributed by atoms with Crippen molar-refractivity contribution in [3.63, 3.8) is 0 Å². The van der Waals surface area contributed by atoms with Crippen LogP contribution in [0, 0.1) is 5.82 Å². The predicted octanol–water partition coefficient (Wildman–Crippen LogP) is 3.13. The van der Waals surface area contributed by atoms with Gasteiger partial charge in [0.15, 0.2) is 5.82 Å². The lowest BCUT2D eigenvalue weighted by molar-refractivity contribution is -0.124. The number of nitrogens with zero attached hydrogens (tertiary/aromatic N) is 5. The first-order valence-electron chi connectivity index (χ1n) is 13.7. The van der Waals surface area contributed by atoms with Crippen LogP contribution in [0.4, 0.5) is 21.7 Å². The summed E-state index contributed by atoms with van der Waals surface area (Å²) in [7, 11) is 5.27. The maximum Gasteiger partial charge on any atom is 0.244 e. The lowest BCUT2D eigenvalue weighted by atomic mass is 10.1. The largest absolute Gasteiger partial charge is 0.475 e. The molecule has 0 aliphatic carbocycles. The number of anilines is 3. The van der Waals surface area contributed by atoms with E-state index in [9.17, 15) is 4.79 Å². The fourth-order valence-corrected chi connectivity index (χ4v) is 4.82. The molecule has 4 heterocycles. The molecule has 1 fully saturated rings. The van der Waals surface area contributed by atoms with Crippen LogP contribution in [0.5, 0.6) is 5.88 Å². The highest BCUT2D eigenvalue weighted by atomic mass is 19.1. The Bertz CT molecular complexity index is 1490. The molecule has 3 aromatic heterocycles. The van der Waals surface area contributed by atoms with Crippen LogP contribution in [-0.2, 0) is 14.3 Å². The molecule has 222 valence electrons. The Morgan fingerprint density at radius 2 is 1.90 bits per heavy atom. The molecule has 4 aromatic rings. The van der Waals surface area contributed by atoms with Crippen LogP contribution in [0.1, 0.15) is 0 Å². The number of carbonyl (C=O) groups is 1. The number of methoxy groups -OCH3 is 2. The highest BCUT2D eigenvalue weighted by molar-refractivity contribution is 6.06. The summed E-state index contributed by atoms with van der Waals surface area (Å²) in [6, 6.07) is 8.52. The Morgan fingerprint density at radius 1 is 1.07 bits per heavy atom. The van der Waals surface area contributed by atoms with Gasteiger partial charge < -0.3 is 34.7 Å². The number of piperazine rings is 1. The molecule has 12 nitrogen and oxygen atoms in total. The average molecular weight is 579 g/mol. The van der Waals surface area contributed by atoms with Gasteiger partial charge in [-0.15, -0.1) is 0 Å². The Balaban J connectivity index is 1.34. The van der Waals surface area contributed by atoms with Crippen molar-refractivity contribution in [2.75, 3.05) is 77.9 Å². The molecule has 1 aliphatic heterocycles. The lowest BCUT2D eigenvalue weighted by Crippen LogP contribution is -2.54. The lowest BCUT2D eigenvalue weighted by Gasteiger charge is -2.36. The number of nitrogens with one attached hydrogen (secondary N) is 3. The topological polar surface area (TPSA) is 130 Å². The fourth-order valence-electron chi connectivity index (χ4n) is 4.82. The summed E-state index contributed by atoms with van der Waals surface area (Å²) in [5.74, 6) is -0.0775. The van der Waals surface area contributed by atoms with Gasteiger partial charge in [-0.1, -0.05) is 12.1 Å². The molecular weight excluding hydrogens is 543 g/mol. The zero-order valence-electron chi connectivity index (χ0n) is 23.9. The van der Waals surface area contributed by atoms with E-state index >= 15 is 4.39 Å². The number of H-pyrrole nitrogens is 1. The number of rotatable bonds is 12. The molecule has 1 amide bonds. The first-order chi connectivity index (χ1) is 20.5. The number of fused-ring (bicyclic) bond motifs is 1. The number of carbonyl (C=O) groups excluding carboxylic acids is 1. The van der Waals surface area contributed by atoms with Crippen LogP contribution in [0.2, 0.25) is 0 Å². The summed E-state index contributed by atoms with van der Waals surface area (Å²) < 4.78 is 30.9. The fraction of sp³-hybridized carbons (Fsp3) is 0.379. The summed E-state index contributed by atoms with van der Waals surface area (Å²) in [6.45, 7) is 4.45. The number of ether oxygens (including phenoxy) is 3.